The van der Waals surface area contributed by atoms with E-state index >= 15 is 0 Å². The molecule has 0 spiro atoms. The van der Waals surface area contributed by atoms with Gasteiger partial charge >= 0.3 is 0 Å². The zero-order valence-electron chi connectivity index (χ0n) is 16.5. The van der Waals surface area contributed by atoms with Crippen molar-refractivity contribution in [2.45, 2.75) is 42.8 Å². The van der Waals surface area contributed by atoms with Gasteiger partial charge in [-0.05, 0) is 84.7 Å². The van der Waals surface area contributed by atoms with Gasteiger partial charge in [-0.25, -0.2) is 12.7 Å². The summed E-state index contributed by atoms with van der Waals surface area (Å²) < 4.78 is 27.7. The van der Waals surface area contributed by atoms with E-state index in [1.54, 1.807) is 4.31 Å². The third-order valence-electron chi connectivity index (χ3n) is 7.12. The van der Waals surface area contributed by atoms with Gasteiger partial charge in [-0.1, -0.05) is 53.0 Å². The van der Waals surface area contributed by atoms with Crippen LogP contribution >= 0.6 is 34.8 Å². The molecule has 0 aromatic heterocycles. The molecular formula is C23H24Cl3NO2S. The van der Waals surface area contributed by atoms with E-state index in [4.69, 9.17) is 34.8 Å². The van der Waals surface area contributed by atoms with Crippen LogP contribution in [0.25, 0.3) is 0 Å². The largest absolute Gasteiger partial charge is 0.217 e. The molecule has 4 atom stereocenters. The second-order valence-electron chi connectivity index (χ2n) is 8.91. The van der Waals surface area contributed by atoms with Gasteiger partial charge in [0.2, 0.25) is 10.0 Å². The predicted octanol–water partition coefficient (Wildman–Crippen LogP) is 6.35. The van der Waals surface area contributed by atoms with Crippen molar-refractivity contribution < 1.29 is 8.42 Å². The van der Waals surface area contributed by atoms with Gasteiger partial charge in [-0.3, -0.25) is 0 Å². The summed E-state index contributed by atoms with van der Waals surface area (Å²) in [6, 6.07) is 13.8. The number of sulfonamides is 1. The molecule has 0 N–H and O–H groups in total. The van der Waals surface area contributed by atoms with Crippen LogP contribution in [0.2, 0.25) is 15.1 Å². The number of hydrogen-bond donors (Lipinski definition) is 0. The molecule has 7 heteroatoms. The Hall–Kier alpha value is -0.780. The second-order valence-corrected chi connectivity index (χ2v) is 12.4. The Labute approximate surface area is 193 Å². The van der Waals surface area contributed by atoms with Crippen molar-refractivity contribution in [2.75, 3.05) is 13.1 Å². The molecule has 3 fully saturated rings. The highest BCUT2D eigenvalue weighted by Crippen LogP contribution is 2.54. The summed E-state index contributed by atoms with van der Waals surface area (Å²) in [4.78, 5) is 0. The molecule has 0 unspecified atom stereocenters. The van der Waals surface area contributed by atoms with Gasteiger partial charge in [-0.2, -0.15) is 0 Å². The maximum absolute atomic E-state index is 12.9. The van der Waals surface area contributed by atoms with Crippen LogP contribution in [-0.4, -0.2) is 31.1 Å². The number of benzene rings is 2. The zero-order chi connectivity index (χ0) is 21.0. The monoisotopic (exact) mass is 483 g/mol. The van der Waals surface area contributed by atoms with Crippen LogP contribution in [0.3, 0.4) is 0 Å². The summed E-state index contributed by atoms with van der Waals surface area (Å²) in [6.45, 7) is 1.24. The minimum absolute atomic E-state index is 0.159. The lowest BCUT2D eigenvalue weighted by atomic mass is 9.63. The first-order chi connectivity index (χ1) is 14.3. The Balaban J connectivity index is 1.53. The van der Waals surface area contributed by atoms with Gasteiger partial charge in [0.25, 0.3) is 0 Å². The summed E-state index contributed by atoms with van der Waals surface area (Å²) >= 11 is 18.9. The van der Waals surface area contributed by atoms with Crippen molar-refractivity contribution in [1.29, 1.82) is 0 Å². The van der Waals surface area contributed by atoms with Crippen molar-refractivity contribution in [2.24, 2.45) is 11.8 Å². The van der Waals surface area contributed by atoms with E-state index in [1.807, 2.05) is 30.3 Å². The third kappa shape index (κ3) is 3.80. The second kappa shape index (κ2) is 7.97. The lowest BCUT2D eigenvalue weighted by molar-refractivity contribution is 0.228. The highest BCUT2D eigenvalue weighted by Gasteiger charge is 2.51. The molecule has 0 radical (unpaired) electrons. The van der Waals surface area contributed by atoms with Crippen LogP contribution in [0.5, 0.6) is 0 Å². The van der Waals surface area contributed by atoms with E-state index in [0.717, 1.165) is 31.2 Å². The van der Waals surface area contributed by atoms with Crippen LogP contribution in [-0.2, 0) is 10.0 Å². The first kappa shape index (κ1) is 21.1. The smallest absolute Gasteiger partial charge is 0.212 e. The number of rotatable bonds is 4. The van der Waals surface area contributed by atoms with Crippen LogP contribution in [0.4, 0.5) is 0 Å². The molecule has 1 aliphatic heterocycles. The van der Waals surface area contributed by atoms with E-state index < -0.39 is 10.0 Å². The average molecular weight is 485 g/mol. The number of hydrogen-bond acceptors (Lipinski definition) is 2. The first-order valence-corrected chi connectivity index (χ1v) is 13.2. The van der Waals surface area contributed by atoms with E-state index in [9.17, 15) is 8.42 Å². The SMILES string of the molecule is O=S(=O)(C1CC1)N1C[C@@H]2CC[C@@H](c3ccc(Cl)cc3Cl)[C@H](c3ccc(Cl)cc3)[C@@H]2C1. The van der Waals surface area contributed by atoms with E-state index in [1.165, 1.54) is 5.56 Å². The zero-order valence-corrected chi connectivity index (χ0v) is 19.6. The van der Waals surface area contributed by atoms with Gasteiger partial charge in [0.15, 0.2) is 0 Å². The minimum atomic E-state index is -3.16. The van der Waals surface area contributed by atoms with E-state index in [0.29, 0.717) is 34.1 Å². The fourth-order valence-electron chi connectivity index (χ4n) is 5.54. The fourth-order valence-corrected chi connectivity index (χ4v) is 8.15. The highest BCUT2D eigenvalue weighted by molar-refractivity contribution is 7.90. The average Bonchev–Trinajstić information content (AvgIpc) is 3.48. The molecule has 1 saturated heterocycles. The van der Waals surface area contributed by atoms with Crippen LogP contribution < -0.4 is 0 Å². The summed E-state index contributed by atoms with van der Waals surface area (Å²) in [5.41, 5.74) is 2.30. The van der Waals surface area contributed by atoms with Crippen molar-refractivity contribution >= 4 is 44.8 Å². The Kier molecular flexibility index (Phi) is 5.60. The lowest BCUT2D eigenvalue weighted by Gasteiger charge is -2.40. The quantitative estimate of drug-likeness (QED) is 0.507. The van der Waals surface area contributed by atoms with Gasteiger partial charge < -0.3 is 0 Å². The van der Waals surface area contributed by atoms with Crippen LogP contribution in [0.1, 0.15) is 48.6 Å². The molecular weight excluding hydrogens is 461 g/mol. The Bertz CT molecular complexity index is 1050. The topological polar surface area (TPSA) is 37.4 Å². The molecule has 2 aromatic rings. The van der Waals surface area contributed by atoms with E-state index in [2.05, 4.69) is 12.1 Å². The van der Waals surface area contributed by atoms with Crippen molar-refractivity contribution in [3.8, 4) is 0 Å². The molecule has 0 amide bonds. The normalized spacial score (nSPS) is 29.7. The fraction of sp³-hybridized carbons (Fsp3) is 0.478. The Morgan fingerprint density at radius 1 is 0.833 bits per heavy atom. The number of fused-ring (bicyclic) bond motifs is 1. The molecule has 5 rings (SSSR count). The van der Waals surface area contributed by atoms with Crippen molar-refractivity contribution in [3.05, 3.63) is 68.7 Å². The summed E-state index contributed by atoms with van der Waals surface area (Å²) in [5, 5.41) is 1.86. The number of nitrogens with zero attached hydrogens (tertiary/aromatic N) is 1. The lowest BCUT2D eigenvalue weighted by Crippen LogP contribution is -2.33. The molecule has 2 saturated carbocycles. The summed E-state index contributed by atoms with van der Waals surface area (Å²) in [7, 11) is -3.16. The van der Waals surface area contributed by atoms with Crippen LogP contribution in [0.15, 0.2) is 42.5 Å². The highest BCUT2D eigenvalue weighted by atomic mass is 35.5. The Morgan fingerprint density at radius 2 is 1.53 bits per heavy atom. The van der Waals surface area contributed by atoms with Gasteiger partial charge in [0.1, 0.15) is 0 Å². The van der Waals surface area contributed by atoms with Crippen LogP contribution in [0, 0.1) is 11.8 Å². The molecule has 2 aliphatic carbocycles. The predicted molar refractivity (Wildman–Crippen MR) is 123 cm³/mol. The molecule has 160 valence electrons. The minimum Gasteiger partial charge on any atom is -0.212 e. The maximum Gasteiger partial charge on any atom is 0.217 e. The Morgan fingerprint density at radius 3 is 2.20 bits per heavy atom. The maximum atomic E-state index is 12.9. The van der Waals surface area contributed by atoms with Gasteiger partial charge in [-0.15, -0.1) is 0 Å². The van der Waals surface area contributed by atoms with E-state index in [-0.39, 0.29) is 23.0 Å². The first-order valence-electron chi connectivity index (χ1n) is 10.5. The molecule has 1 heterocycles. The summed E-state index contributed by atoms with van der Waals surface area (Å²) in [5.74, 6) is 1.06. The standard InChI is InChI=1S/C23H24Cl3NO2S/c24-16-4-1-14(2-5-16)23-20(19-10-6-17(25)11-22(19)26)9-3-15-12-27(13-21(15)23)30(28,29)18-7-8-18/h1-2,4-6,10-11,15,18,20-21,23H,3,7-9,12-13H2/t15-,20-,21+,23-/m0/s1. The third-order valence-corrected chi connectivity index (χ3v) is 10.3. The molecule has 0 bridgehead atoms. The molecule has 30 heavy (non-hydrogen) atoms. The number of halogens is 3. The van der Waals surface area contributed by atoms with Crippen molar-refractivity contribution in [1.82, 2.24) is 4.31 Å². The molecule has 3 nitrogen and oxygen atoms in total. The summed E-state index contributed by atoms with van der Waals surface area (Å²) in [6.07, 6.45) is 3.60. The van der Waals surface area contributed by atoms with Gasteiger partial charge in [0.05, 0.1) is 5.25 Å². The van der Waals surface area contributed by atoms with Gasteiger partial charge in [0, 0.05) is 28.2 Å². The van der Waals surface area contributed by atoms with Crippen molar-refractivity contribution in [3.63, 3.8) is 0 Å². The molecule has 3 aliphatic rings. The molecule has 2 aromatic carbocycles.